The highest BCUT2D eigenvalue weighted by Crippen LogP contribution is 2.15. The maximum Gasteiger partial charge on any atom is 0.338 e. The number of carbonyl (C=O) groups excluding carboxylic acids is 1. The Morgan fingerprint density at radius 2 is 1.83 bits per heavy atom. The minimum atomic E-state index is -0.565. The van der Waals surface area contributed by atoms with E-state index in [2.05, 4.69) is 35.8 Å². The van der Waals surface area contributed by atoms with E-state index in [4.69, 9.17) is 10.5 Å². The van der Waals surface area contributed by atoms with Crippen LogP contribution >= 0.6 is 0 Å². The summed E-state index contributed by atoms with van der Waals surface area (Å²) in [5.74, 6) is -0.678. The van der Waals surface area contributed by atoms with E-state index in [0.29, 0.717) is 16.9 Å². The number of aromatic nitrogens is 7. The first-order valence-corrected chi connectivity index (χ1v) is 8.60. The maximum atomic E-state index is 13.0. The topological polar surface area (TPSA) is 147 Å². The van der Waals surface area contributed by atoms with Crippen LogP contribution in [0.25, 0.3) is 5.69 Å². The van der Waals surface area contributed by atoms with Crippen LogP contribution in [-0.2, 0) is 11.3 Å². The Morgan fingerprint density at radius 3 is 2.53 bits per heavy atom. The first-order valence-electron chi connectivity index (χ1n) is 8.60. The lowest BCUT2D eigenvalue weighted by atomic mass is 10.2. The van der Waals surface area contributed by atoms with Crippen molar-refractivity contribution in [1.82, 2.24) is 35.2 Å². The lowest BCUT2D eigenvalue weighted by Crippen LogP contribution is -2.11. The van der Waals surface area contributed by atoms with Crippen molar-refractivity contribution in [1.29, 1.82) is 0 Å². The lowest BCUT2D eigenvalue weighted by Gasteiger charge is -2.08. The summed E-state index contributed by atoms with van der Waals surface area (Å²) in [4.78, 5) is 24.4. The number of halogens is 1. The Labute approximate surface area is 168 Å². The van der Waals surface area contributed by atoms with Gasteiger partial charge in [-0.3, -0.25) is 0 Å². The lowest BCUT2D eigenvalue weighted by molar-refractivity contribution is 0.0462. The van der Waals surface area contributed by atoms with Gasteiger partial charge in [0.15, 0.2) is 12.4 Å². The summed E-state index contributed by atoms with van der Waals surface area (Å²) in [5, 5.41) is 13.8. The minimum Gasteiger partial charge on any atom is -0.454 e. The van der Waals surface area contributed by atoms with Gasteiger partial charge in [-0.15, -0.1) is 5.10 Å². The van der Waals surface area contributed by atoms with E-state index >= 15 is 0 Å². The smallest absolute Gasteiger partial charge is 0.338 e. The summed E-state index contributed by atoms with van der Waals surface area (Å²) in [6.45, 7) is -0.210. The van der Waals surface area contributed by atoms with Crippen LogP contribution in [0.5, 0.6) is 0 Å². The third-order valence-electron chi connectivity index (χ3n) is 3.85. The number of hydrogen-bond donors (Lipinski definition) is 2. The van der Waals surface area contributed by atoms with Gasteiger partial charge in [0.05, 0.1) is 11.3 Å². The molecule has 0 atom stereocenters. The van der Waals surface area contributed by atoms with Crippen LogP contribution < -0.4 is 11.1 Å². The molecule has 0 amide bonds. The summed E-state index contributed by atoms with van der Waals surface area (Å²) in [6, 6.07) is 12.2. The molecule has 0 saturated carbocycles. The van der Waals surface area contributed by atoms with E-state index in [0.717, 1.165) is 0 Å². The van der Waals surface area contributed by atoms with Gasteiger partial charge in [-0.2, -0.15) is 15.0 Å². The van der Waals surface area contributed by atoms with Crippen molar-refractivity contribution < 1.29 is 13.9 Å². The van der Waals surface area contributed by atoms with E-state index < -0.39 is 5.97 Å². The summed E-state index contributed by atoms with van der Waals surface area (Å²) in [5.41, 5.74) is 7.28. The number of hydrogen-bond acceptors (Lipinski definition) is 10. The molecule has 0 spiro atoms. The molecular formula is C18H14FN9O2. The second-order valence-corrected chi connectivity index (χ2v) is 5.94. The van der Waals surface area contributed by atoms with Crippen LogP contribution in [-0.4, -0.2) is 41.1 Å². The second-order valence-electron chi connectivity index (χ2n) is 5.94. The number of anilines is 3. The van der Waals surface area contributed by atoms with E-state index in [1.165, 1.54) is 35.3 Å². The molecule has 2 aromatic carbocycles. The summed E-state index contributed by atoms with van der Waals surface area (Å²) in [6.07, 6.45) is 1.44. The minimum absolute atomic E-state index is 0.0496. The number of rotatable bonds is 6. The Bertz CT molecular complexity index is 1150. The van der Waals surface area contributed by atoms with Gasteiger partial charge in [0.1, 0.15) is 12.1 Å². The van der Waals surface area contributed by atoms with E-state index in [1.807, 2.05) is 0 Å². The molecule has 150 valence electrons. The monoisotopic (exact) mass is 407 g/mol. The highest BCUT2D eigenvalue weighted by Gasteiger charge is 2.11. The molecule has 0 aliphatic rings. The zero-order chi connectivity index (χ0) is 20.9. The number of nitrogens with one attached hydrogen (secondary N) is 1. The van der Waals surface area contributed by atoms with Crippen LogP contribution in [0.1, 0.15) is 16.2 Å². The average Bonchev–Trinajstić information content (AvgIpc) is 3.28. The maximum absolute atomic E-state index is 13.0. The SMILES string of the molecule is Nc1nc(COC(=O)c2ccc(-n3cnnn3)cc2)nc(Nc2ccc(F)cc2)n1. The van der Waals surface area contributed by atoms with Gasteiger partial charge in [-0.25, -0.2) is 13.9 Å². The predicted octanol–water partition coefficient (Wildman–Crippen LogP) is 1.67. The zero-order valence-electron chi connectivity index (χ0n) is 15.3. The molecular weight excluding hydrogens is 393 g/mol. The van der Waals surface area contributed by atoms with Crippen molar-refractivity contribution in [3.05, 3.63) is 72.1 Å². The van der Waals surface area contributed by atoms with Crippen molar-refractivity contribution in [2.45, 2.75) is 6.61 Å². The molecule has 30 heavy (non-hydrogen) atoms. The molecule has 0 unspecified atom stereocenters. The number of nitrogen functional groups attached to an aromatic ring is 1. The number of nitrogens with zero attached hydrogens (tertiary/aromatic N) is 7. The van der Waals surface area contributed by atoms with E-state index in [9.17, 15) is 9.18 Å². The molecule has 4 aromatic rings. The Kier molecular flexibility index (Phi) is 5.19. The standard InChI is InChI=1S/C18H14FN9O2/c19-12-3-5-13(6-4-12)22-18-24-15(23-17(20)25-18)9-30-16(29)11-1-7-14(8-2-11)28-10-21-26-27-28/h1-8,10H,9H2,(H3,20,22,23,24,25). The first kappa shape index (κ1) is 18.9. The van der Waals surface area contributed by atoms with Crippen LogP contribution in [0.4, 0.5) is 22.0 Å². The van der Waals surface area contributed by atoms with E-state index in [-0.39, 0.29) is 30.1 Å². The molecule has 3 N–H and O–H groups in total. The zero-order valence-corrected chi connectivity index (χ0v) is 15.3. The number of benzene rings is 2. The number of carbonyl (C=O) groups is 1. The first-order chi connectivity index (χ1) is 14.6. The molecule has 0 aliphatic carbocycles. The van der Waals surface area contributed by atoms with Crippen molar-refractivity contribution in [2.24, 2.45) is 0 Å². The number of ether oxygens (including phenoxy) is 1. The highest BCUT2D eigenvalue weighted by atomic mass is 19.1. The quantitative estimate of drug-likeness (QED) is 0.452. The van der Waals surface area contributed by atoms with Crippen molar-refractivity contribution in [3.63, 3.8) is 0 Å². The molecule has 0 saturated heterocycles. The average molecular weight is 407 g/mol. The summed E-state index contributed by atoms with van der Waals surface area (Å²) < 4.78 is 19.7. The molecule has 12 heteroatoms. The van der Waals surface area contributed by atoms with Gasteiger partial charge < -0.3 is 15.8 Å². The van der Waals surface area contributed by atoms with Gasteiger partial charge in [-0.05, 0) is 59.0 Å². The van der Waals surface area contributed by atoms with Crippen LogP contribution in [0.2, 0.25) is 0 Å². The Morgan fingerprint density at radius 1 is 1.07 bits per heavy atom. The highest BCUT2D eigenvalue weighted by molar-refractivity contribution is 5.89. The molecule has 0 fully saturated rings. The van der Waals surface area contributed by atoms with Gasteiger partial charge in [-0.1, -0.05) is 0 Å². The van der Waals surface area contributed by atoms with Crippen molar-refractivity contribution in [3.8, 4) is 5.69 Å². The molecule has 2 aromatic heterocycles. The molecule has 2 heterocycles. The van der Waals surface area contributed by atoms with Crippen molar-refractivity contribution >= 4 is 23.6 Å². The largest absolute Gasteiger partial charge is 0.454 e. The van der Waals surface area contributed by atoms with Crippen LogP contribution in [0, 0.1) is 5.82 Å². The van der Waals surface area contributed by atoms with E-state index in [1.54, 1.807) is 24.3 Å². The molecule has 0 aliphatic heterocycles. The fraction of sp³-hybridized carbons (Fsp3) is 0.0556. The van der Waals surface area contributed by atoms with Gasteiger partial charge in [0, 0.05) is 5.69 Å². The normalized spacial score (nSPS) is 10.6. The molecule has 11 nitrogen and oxygen atoms in total. The number of nitrogens with two attached hydrogens (primary N) is 1. The fourth-order valence-corrected chi connectivity index (χ4v) is 2.46. The number of tetrazole rings is 1. The van der Waals surface area contributed by atoms with Crippen molar-refractivity contribution in [2.75, 3.05) is 11.1 Å². The van der Waals surface area contributed by atoms with Gasteiger partial charge in [0.2, 0.25) is 11.9 Å². The Balaban J connectivity index is 1.41. The third-order valence-corrected chi connectivity index (χ3v) is 3.85. The van der Waals surface area contributed by atoms with Gasteiger partial charge in [0.25, 0.3) is 0 Å². The fourth-order valence-electron chi connectivity index (χ4n) is 2.46. The van der Waals surface area contributed by atoms with Crippen LogP contribution in [0.15, 0.2) is 54.9 Å². The predicted molar refractivity (Wildman–Crippen MR) is 102 cm³/mol. The number of esters is 1. The summed E-state index contributed by atoms with van der Waals surface area (Å²) in [7, 11) is 0. The van der Waals surface area contributed by atoms with Gasteiger partial charge >= 0.3 is 5.97 Å². The van der Waals surface area contributed by atoms with Crippen LogP contribution in [0.3, 0.4) is 0 Å². The summed E-state index contributed by atoms with van der Waals surface area (Å²) >= 11 is 0. The second kappa shape index (κ2) is 8.26. The Hall–Kier alpha value is -4.48. The molecule has 0 radical (unpaired) electrons. The third kappa shape index (κ3) is 4.49. The molecule has 4 rings (SSSR count). The molecule has 0 bridgehead atoms.